The SMILES string of the molecule is CCN=CCCC1=C(C)CN(c2nc(-c3ccccc3F)nc3ccccc23)N=C1C. The van der Waals surface area contributed by atoms with Crippen molar-refractivity contribution in [3.8, 4) is 11.4 Å². The first-order valence-electron chi connectivity index (χ1n) is 10.6. The van der Waals surface area contributed by atoms with Crippen LogP contribution in [-0.4, -0.2) is 35.0 Å². The Kier molecular flexibility index (Phi) is 6.16. The average molecular weight is 416 g/mol. The molecular formula is C25H26FN5. The molecule has 0 bridgehead atoms. The summed E-state index contributed by atoms with van der Waals surface area (Å²) in [5.41, 5.74) is 4.65. The molecular weight excluding hydrogens is 389 g/mol. The molecule has 1 aliphatic rings. The number of nitrogens with zero attached hydrogens (tertiary/aromatic N) is 5. The third-order valence-corrected chi connectivity index (χ3v) is 5.39. The Hall–Kier alpha value is -3.41. The summed E-state index contributed by atoms with van der Waals surface area (Å²) in [5, 5.41) is 7.65. The largest absolute Gasteiger partial charge is 0.298 e. The molecule has 1 aromatic heterocycles. The van der Waals surface area contributed by atoms with Gasteiger partial charge in [0.05, 0.1) is 23.3 Å². The highest BCUT2D eigenvalue weighted by atomic mass is 19.1. The molecule has 0 spiro atoms. The topological polar surface area (TPSA) is 53.7 Å². The summed E-state index contributed by atoms with van der Waals surface area (Å²) in [6.07, 6.45) is 3.81. The van der Waals surface area contributed by atoms with Gasteiger partial charge in [-0.1, -0.05) is 24.3 Å². The van der Waals surface area contributed by atoms with E-state index in [2.05, 4.69) is 16.9 Å². The van der Waals surface area contributed by atoms with Crippen molar-refractivity contribution in [2.45, 2.75) is 33.6 Å². The maximum Gasteiger partial charge on any atom is 0.165 e. The molecule has 3 aromatic rings. The van der Waals surface area contributed by atoms with Gasteiger partial charge < -0.3 is 0 Å². The molecule has 31 heavy (non-hydrogen) atoms. The van der Waals surface area contributed by atoms with Crippen molar-refractivity contribution in [3.05, 3.63) is 65.5 Å². The van der Waals surface area contributed by atoms with E-state index < -0.39 is 0 Å². The van der Waals surface area contributed by atoms with Crippen molar-refractivity contribution in [1.29, 1.82) is 0 Å². The van der Waals surface area contributed by atoms with Crippen LogP contribution in [0.15, 0.2) is 69.8 Å². The first-order chi connectivity index (χ1) is 15.1. The van der Waals surface area contributed by atoms with Crippen molar-refractivity contribution in [2.75, 3.05) is 18.1 Å². The van der Waals surface area contributed by atoms with Gasteiger partial charge in [0.1, 0.15) is 5.82 Å². The average Bonchev–Trinajstić information content (AvgIpc) is 2.77. The molecule has 4 rings (SSSR count). The van der Waals surface area contributed by atoms with Crippen LogP contribution in [0.1, 0.15) is 33.6 Å². The molecule has 2 aromatic carbocycles. The van der Waals surface area contributed by atoms with Crippen LogP contribution < -0.4 is 5.01 Å². The van der Waals surface area contributed by atoms with Crippen LogP contribution >= 0.6 is 0 Å². The van der Waals surface area contributed by atoms with Gasteiger partial charge in [-0.25, -0.2) is 19.4 Å². The molecule has 6 heteroatoms. The van der Waals surface area contributed by atoms with Crippen molar-refractivity contribution in [2.24, 2.45) is 10.1 Å². The van der Waals surface area contributed by atoms with E-state index in [0.717, 1.165) is 36.0 Å². The van der Waals surface area contributed by atoms with Crippen LogP contribution in [0.3, 0.4) is 0 Å². The van der Waals surface area contributed by atoms with Gasteiger partial charge >= 0.3 is 0 Å². The summed E-state index contributed by atoms with van der Waals surface area (Å²) in [4.78, 5) is 13.7. The number of allylic oxidation sites excluding steroid dienone is 1. The number of aliphatic imine (C=N–C) groups is 1. The predicted molar refractivity (Wildman–Crippen MR) is 126 cm³/mol. The second-order valence-electron chi connectivity index (χ2n) is 7.59. The number of hydrazone groups is 1. The van der Waals surface area contributed by atoms with Gasteiger partial charge in [-0.3, -0.25) is 4.99 Å². The quantitative estimate of drug-likeness (QED) is 0.477. The van der Waals surface area contributed by atoms with E-state index in [0.29, 0.717) is 23.8 Å². The molecule has 0 aliphatic carbocycles. The highest BCUT2D eigenvalue weighted by Crippen LogP contribution is 2.31. The molecule has 0 saturated heterocycles. The van der Waals surface area contributed by atoms with Crippen LogP contribution in [0.2, 0.25) is 0 Å². The lowest BCUT2D eigenvalue weighted by molar-refractivity contribution is 0.630. The molecule has 0 amide bonds. The van der Waals surface area contributed by atoms with Crippen LogP contribution in [0.25, 0.3) is 22.3 Å². The Morgan fingerprint density at radius 1 is 1.06 bits per heavy atom. The molecule has 0 unspecified atom stereocenters. The number of hydrogen-bond donors (Lipinski definition) is 0. The lowest BCUT2D eigenvalue weighted by Crippen LogP contribution is -2.28. The molecule has 5 nitrogen and oxygen atoms in total. The Balaban J connectivity index is 1.74. The van der Waals surface area contributed by atoms with Crippen LogP contribution in [0.4, 0.5) is 10.2 Å². The van der Waals surface area contributed by atoms with Gasteiger partial charge in [-0.15, -0.1) is 0 Å². The third kappa shape index (κ3) is 4.38. The van der Waals surface area contributed by atoms with Crippen molar-refractivity contribution in [3.63, 3.8) is 0 Å². The number of benzene rings is 2. The van der Waals surface area contributed by atoms with E-state index in [-0.39, 0.29) is 5.82 Å². The summed E-state index contributed by atoms with van der Waals surface area (Å²) >= 11 is 0. The molecule has 158 valence electrons. The van der Waals surface area contributed by atoms with E-state index in [1.165, 1.54) is 17.2 Å². The van der Waals surface area contributed by atoms with Gasteiger partial charge in [0.2, 0.25) is 0 Å². The second kappa shape index (κ2) is 9.16. The number of halogens is 1. The summed E-state index contributed by atoms with van der Waals surface area (Å²) < 4.78 is 14.5. The third-order valence-electron chi connectivity index (χ3n) is 5.39. The van der Waals surface area contributed by atoms with Gasteiger partial charge in [0.25, 0.3) is 0 Å². The van der Waals surface area contributed by atoms with Crippen LogP contribution in [0, 0.1) is 5.82 Å². The summed E-state index contributed by atoms with van der Waals surface area (Å²) in [6, 6.07) is 14.4. The van der Waals surface area contributed by atoms with E-state index >= 15 is 0 Å². The maximum atomic E-state index is 14.5. The van der Waals surface area contributed by atoms with E-state index in [9.17, 15) is 4.39 Å². The van der Waals surface area contributed by atoms with Gasteiger partial charge in [-0.05, 0) is 75.2 Å². The Labute approximate surface area is 182 Å². The lowest BCUT2D eigenvalue weighted by Gasteiger charge is -2.27. The molecule has 0 atom stereocenters. The number of rotatable bonds is 6. The zero-order valence-electron chi connectivity index (χ0n) is 18.1. The molecule has 0 fully saturated rings. The minimum absolute atomic E-state index is 0.339. The number of fused-ring (bicyclic) bond motifs is 1. The predicted octanol–water partition coefficient (Wildman–Crippen LogP) is 5.82. The number of para-hydroxylation sites is 1. The summed E-state index contributed by atoms with van der Waals surface area (Å²) in [6.45, 7) is 7.65. The normalized spacial score (nSPS) is 14.6. The van der Waals surface area contributed by atoms with Gasteiger partial charge in [-0.2, -0.15) is 5.10 Å². The van der Waals surface area contributed by atoms with Gasteiger partial charge in [0.15, 0.2) is 11.6 Å². The molecule has 1 aliphatic heterocycles. The fourth-order valence-corrected chi connectivity index (χ4v) is 3.87. The highest BCUT2D eigenvalue weighted by Gasteiger charge is 2.22. The zero-order valence-corrected chi connectivity index (χ0v) is 18.1. The van der Waals surface area contributed by atoms with E-state index in [1.54, 1.807) is 18.2 Å². The maximum absolute atomic E-state index is 14.5. The number of hydrogen-bond acceptors (Lipinski definition) is 5. The molecule has 0 N–H and O–H groups in total. The molecule has 0 saturated carbocycles. The van der Waals surface area contributed by atoms with Crippen molar-refractivity contribution < 1.29 is 4.39 Å². The summed E-state index contributed by atoms with van der Waals surface area (Å²) in [5.74, 6) is 0.714. The smallest absolute Gasteiger partial charge is 0.165 e. The van der Waals surface area contributed by atoms with Crippen LogP contribution in [0.5, 0.6) is 0 Å². The minimum atomic E-state index is -0.339. The fourth-order valence-electron chi connectivity index (χ4n) is 3.87. The first-order valence-corrected chi connectivity index (χ1v) is 10.6. The van der Waals surface area contributed by atoms with E-state index in [1.807, 2.05) is 49.3 Å². The lowest BCUT2D eigenvalue weighted by atomic mass is 9.99. The second-order valence-corrected chi connectivity index (χ2v) is 7.59. The van der Waals surface area contributed by atoms with Gasteiger partial charge in [0, 0.05) is 11.9 Å². The zero-order chi connectivity index (χ0) is 21.8. The minimum Gasteiger partial charge on any atom is -0.298 e. The Morgan fingerprint density at radius 3 is 2.61 bits per heavy atom. The molecule has 2 heterocycles. The number of anilines is 1. The monoisotopic (exact) mass is 415 g/mol. The Morgan fingerprint density at radius 2 is 1.84 bits per heavy atom. The first kappa shape index (κ1) is 20.8. The molecule has 0 radical (unpaired) electrons. The van der Waals surface area contributed by atoms with Crippen LogP contribution in [-0.2, 0) is 0 Å². The standard InChI is InChI=1S/C25H26FN5/c1-4-27-15-9-12-19-17(2)16-31(30-18(19)3)25-21-11-6-8-14-23(21)28-24(29-25)20-10-5-7-13-22(20)26/h5-8,10-11,13-15H,4,9,12,16H2,1-3H3. The van der Waals surface area contributed by atoms with E-state index in [4.69, 9.17) is 10.1 Å². The highest BCUT2D eigenvalue weighted by molar-refractivity contribution is 6.01. The fraction of sp³-hybridized carbons (Fsp3) is 0.280. The number of aromatic nitrogens is 2. The summed E-state index contributed by atoms with van der Waals surface area (Å²) in [7, 11) is 0. The Bertz CT molecular complexity index is 1200. The van der Waals surface area contributed by atoms with Crippen molar-refractivity contribution >= 4 is 28.6 Å². The van der Waals surface area contributed by atoms with Crippen molar-refractivity contribution in [1.82, 2.24) is 9.97 Å².